The number of allylic oxidation sites excluding steroid dienone is 7. The first kappa shape index (κ1) is 17.4. The Kier molecular flexibility index (Phi) is 3.89. The van der Waals surface area contributed by atoms with Crippen molar-refractivity contribution in [2.45, 2.75) is 37.9 Å². The Morgan fingerprint density at radius 1 is 0.862 bits per heavy atom. The predicted molar refractivity (Wildman–Crippen MR) is 125 cm³/mol. The van der Waals surface area contributed by atoms with Gasteiger partial charge in [-0.3, -0.25) is 0 Å². The number of fused-ring (bicyclic) bond motifs is 5. The summed E-state index contributed by atoms with van der Waals surface area (Å²) in [5.74, 6) is 0.505. The van der Waals surface area contributed by atoms with Crippen molar-refractivity contribution < 1.29 is 0 Å². The molecule has 2 aromatic carbocycles. The van der Waals surface area contributed by atoms with Gasteiger partial charge in [0.2, 0.25) is 0 Å². The summed E-state index contributed by atoms with van der Waals surface area (Å²) in [6, 6.07) is 18.0. The zero-order valence-electron chi connectivity index (χ0n) is 16.9. The Hall–Kier alpha value is -2.51. The highest BCUT2D eigenvalue weighted by molar-refractivity contribution is 8.03. The molecule has 4 aliphatic rings. The van der Waals surface area contributed by atoms with Gasteiger partial charge in [-0.2, -0.15) is 0 Å². The van der Waals surface area contributed by atoms with Crippen molar-refractivity contribution in [2.24, 2.45) is 0 Å². The lowest BCUT2D eigenvalue weighted by atomic mass is 9.83. The molecule has 142 valence electrons. The van der Waals surface area contributed by atoms with Gasteiger partial charge in [0.05, 0.1) is 5.25 Å². The maximum atomic E-state index is 2.52. The van der Waals surface area contributed by atoms with E-state index in [0.717, 1.165) is 6.42 Å². The average Bonchev–Trinajstić information content (AvgIpc) is 3.42. The Bertz CT molecular complexity index is 1150. The van der Waals surface area contributed by atoms with E-state index in [9.17, 15) is 0 Å². The van der Waals surface area contributed by atoms with Crippen molar-refractivity contribution in [2.75, 3.05) is 0 Å². The number of thioether (sulfide) groups is 1. The molecule has 0 amide bonds. The molecule has 1 heterocycles. The van der Waals surface area contributed by atoms with Crippen LogP contribution in [0, 0.1) is 0 Å². The summed E-state index contributed by atoms with van der Waals surface area (Å²) in [6.45, 7) is 4.60. The Morgan fingerprint density at radius 2 is 1.55 bits per heavy atom. The van der Waals surface area contributed by atoms with E-state index in [1.54, 1.807) is 5.57 Å². The molecule has 0 aromatic heterocycles. The number of benzene rings is 2. The van der Waals surface area contributed by atoms with Gasteiger partial charge in [-0.05, 0) is 87.8 Å². The zero-order valence-corrected chi connectivity index (χ0v) is 17.7. The molecule has 0 N–H and O–H groups in total. The van der Waals surface area contributed by atoms with Gasteiger partial charge in [-0.25, -0.2) is 0 Å². The maximum Gasteiger partial charge on any atom is 0.0530 e. The standard InChI is InChI=1S/C28H24S/c1-17-15-26-18(2)20-13-14-29-28(20)16-27(26)19(17)11-12-25-23-9-5-3-7-21(23)22-8-4-6-10-24(22)25/h3-10,13-16,25,28H,11-12H2,1-2H3. The molecule has 6 rings (SSSR count). The molecule has 0 nitrogen and oxygen atoms in total. The van der Waals surface area contributed by atoms with Gasteiger partial charge in [0, 0.05) is 5.92 Å². The third-order valence-electron chi connectivity index (χ3n) is 7.03. The second kappa shape index (κ2) is 6.50. The van der Waals surface area contributed by atoms with Crippen molar-refractivity contribution >= 4 is 11.8 Å². The van der Waals surface area contributed by atoms with Crippen LogP contribution in [0.2, 0.25) is 0 Å². The molecule has 0 radical (unpaired) electrons. The van der Waals surface area contributed by atoms with Crippen LogP contribution < -0.4 is 0 Å². The van der Waals surface area contributed by atoms with Crippen LogP contribution in [-0.4, -0.2) is 5.25 Å². The molecule has 1 unspecified atom stereocenters. The van der Waals surface area contributed by atoms with Crippen LogP contribution in [0.4, 0.5) is 0 Å². The molecular formula is C28H24S. The smallest absolute Gasteiger partial charge is 0.0530 e. The van der Waals surface area contributed by atoms with Crippen LogP contribution in [-0.2, 0) is 0 Å². The van der Waals surface area contributed by atoms with Gasteiger partial charge in [0.25, 0.3) is 0 Å². The van der Waals surface area contributed by atoms with E-state index >= 15 is 0 Å². The van der Waals surface area contributed by atoms with Gasteiger partial charge in [-0.1, -0.05) is 66.8 Å². The van der Waals surface area contributed by atoms with Crippen molar-refractivity contribution in [3.8, 4) is 11.1 Å². The van der Waals surface area contributed by atoms with Gasteiger partial charge < -0.3 is 0 Å². The Labute approximate surface area is 177 Å². The van der Waals surface area contributed by atoms with Crippen LogP contribution in [0.15, 0.2) is 106 Å². The van der Waals surface area contributed by atoms with E-state index < -0.39 is 0 Å². The summed E-state index contributed by atoms with van der Waals surface area (Å²) in [5.41, 5.74) is 14.8. The lowest BCUT2D eigenvalue weighted by molar-refractivity contribution is 0.727. The lowest BCUT2D eigenvalue weighted by Crippen LogP contribution is -2.10. The van der Waals surface area contributed by atoms with Crippen molar-refractivity contribution in [3.63, 3.8) is 0 Å². The molecule has 1 aliphatic heterocycles. The third-order valence-corrected chi connectivity index (χ3v) is 8.01. The number of rotatable bonds is 3. The lowest BCUT2D eigenvalue weighted by Gasteiger charge is -2.23. The SMILES string of the molecule is CC1=C(CCC2c3ccccc3-c3ccccc32)C2=CC3SC=CC3=C(C)C2=C1. The molecule has 0 fully saturated rings. The largest absolute Gasteiger partial charge is 0.122 e. The van der Waals surface area contributed by atoms with Crippen LogP contribution in [0.5, 0.6) is 0 Å². The monoisotopic (exact) mass is 392 g/mol. The fourth-order valence-corrected chi connectivity index (χ4v) is 6.60. The predicted octanol–water partition coefficient (Wildman–Crippen LogP) is 7.72. The van der Waals surface area contributed by atoms with Crippen LogP contribution in [0.25, 0.3) is 11.1 Å². The molecule has 0 saturated carbocycles. The van der Waals surface area contributed by atoms with E-state index in [4.69, 9.17) is 0 Å². The average molecular weight is 393 g/mol. The minimum absolute atomic E-state index is 0.505. The van der Waals surface area contributed by atoms with Gasteiger partial charge >= 0.3 is 0 Å². The van der Waals surface area contributed by atoms with Gasteiger partial charge in [0.15, 0.2) is 0 Å². The fourth-order valence-electron chi connectivity index (χ4n) is 5.59. The fraction of sp³-hybridized carbons (Fsp3) is 0.214. The van der Waals surface area contributed by atoms with Crippen LogP contribution in [0.3, 0.4) is 0 Å². The number of hydrogen-bond acceptors (Lipinski definition) is 1. The zero-order chi connectivity index (χ0) is 19.5. The summed E-state index contributed by atoms with van der Waals surface area (Å²) in [7, 11) is 0. The normalized spacial score (nSPS) is 21.8. The minimum atomic E-state index is 0.505. The third kappa shape index (κ3) is 2.53. The first-order chi connectivity index (χ1) is 14.2. The molecule has 3 aliphatic carbocycles. The summed E-state index contributed by atoms with van der Waals surface area (Å²) >= 11 is 1.94. The molecule has 2 aromatic rings. The first-order valence-electron chi connectivity index (χ1n) is 10.6. The highest BCUT2D eigenvalue weighted by Crippen LogP contribution is 2.50. The van der Waals surface area contributed by atoms with E-state index in [1.807, 2.05) is 11.8 Å². The highest BCUT2D eigenvalue weighted by Gasteiger charge is 2.32. The molecule has 0 saturated heterocycles. The maximum absolute atomic E-state index is 2.52. The van der Waals surface area contributed by atoms with Crippen LogP contribution >= 0.6 is 11.8 Å². The number of hydrogen-bond donors (Lipinski definition) is 0. The summed E-state index contributed by atoms with van der Waals surface area (Å²) in [4.78, 5) is 0. The minimum Gasteiger partial charge on any atom is -0.122 e. The first-order valence-corrected chi connectivity index (χ1v) is 11.5. The molecule has 0 spiro atoms. The van der Waals surface area contributed by atoms with E-state index in [-0.39, 0.29) is 0 Å². The van der Waals surface area contributed by atoms with Crippen molar-refractivity contribution in [1.82, 2.24) is 0 Å². The van der Waals surface area contributed by atoms with E-state index in [2.05, 4.69) is 86.0 Å². The van der Waals surface area contributed by atoms with E-state index in [1.165, 1.54) is 56.5 Å². The second-order valence-corrected chi connectivity index (χ2v) is 9.56. The molecular weight excluding hydrogens is 368 g/mol. The van der Waals surface area contributed by atoms with Crippen molar-refractivity contribution in [3.05, 3.63) is 117 Å². The summed E-state index contributed by atoms with van der Waals surface area (Å²) < 4.78 is 0. The highest BCUT2D eigenvalue weighted by atomic mass is 32.2. The molecule has 29 heavy (non-hydrogen) atoms. The van der Waals surface area contributed by atoms with Crippen LogP contribution in [0.1, 0.15) is 43.7 Å². The van der Waals surface area contributed by atoms with Gasteiger partial charge in [-0.15, -0.1) is 11.8 Å². The molecule has 0 bridgehead atoms. The quantitative estimate of drug-likeness (QED) is 0.515. The second-order valence-electron chi connectivity index (χ2n) is 8.51. The van der Waals surface area contributed by atoms with E-state index in [0.29, 0.717) is 11.2 Å². The Morgan fingerprint density at radius 3 is 2.28 bits per heavy atom. The molecule has 1 atom stereocenters. The van der Waals surface area contributed by atoms with Gasteiger partial charge in [0.1, 0.15) is 0 Å². The summed E-state index contributed by atoms with van der Waals surface area (Å²) in [5, 5.41) is 2.76. The Balaban J connectivity index is 1.32. The molecule has 1 heteroatoms. The summed E-state index contributed by atoms with van der Waals surface area (Å²) in [6.07, 6.45) is 9.55. The topological polar surface area (TPSA) is 0 Å². The van der Waals surface area contributed by atoms with Crippen molar-refractivity contribution in [1.29, 1.82) is 0 Å².